The van der Waals surface area contributed by atoms with Crippen LogP contribution in [0.5, 0.6) is 0 Å². The zero-order valence-electron chi connectivity index (χ0n) is 11.9. The number of nitrogens with zero attached hydrogens (tertiary/aromatic N) is 2. The molecule has 3 rings (SSSR count). The highest BCUT2D eigenvalue weighted by molar-refractivity contribution is 5.90. The lowest BCUT2D eigenvalue weighted by Gasteiger charge is -2.32. The summed E-state index contributed by atoms with van der Waals surface area (Å²) in [4.78, 5) is 30.0. The Hall–Kier alpha value is -2.11. The second-order valence-corrected chi connectivity index (χ2v) is 5.74. The standard InChI is InChI=1S/C15H20N4O2/c20-14(17-12-5-6-12)11-3-2-8-19(10-11)15(21)18-13-4-1-7-16-9-13/h1,4,7,9,11-12H,2-3,5-6,8,10H2,(H,17,20)(H,18,21). The van der Waals surface area contributed by atoms with Gasteiger partial charge in [0.15, 0.2) is 0 Å². The van der Waals surface area contributed by atoms with Gasteiger partial charge < -0.3 is 15.5 Å². The van der Waals surface area contributed by atoms with Crippen LogP contribution in [-0.2, 0) is 4.79 Å². The Morgan fingerprint density at radius 3 is 2.86 bits per heavy atom. The van der Waals surface area contributed by atoms with Crippen LogP contribution in [-0.4, -0.2) is 41.0 Å². The lowest BCUT2D eigenvalue weighted by atomic mass is 9.97. The first kappa shape index (κ1) is 13.9. The van der Waals surface area contributed by atoms with E-state index in [4.69, 9.17) is 0 Å². The summed E-state index contributed by atoms with van der Waals surface area (Å²) in [6.07, 6.45) is 7.17. The molecule has 0 bridgehead atoms. The fourth-order valence-electron chi connectivity index (χ4n) is 2.56. The predicted octanol–water partition coefficient (Wildman–Crippen LogP) is 1.60. The topological polar surface area (TPSA) is 74.3 Å². The summed E-state index contributed by atoms with van der Waals surface area (Å²) in [7, 11) is 0. The third-order valence-electron chi connectivity index (χ3n) is 3.92. The maximum atomic E-state index is 12.2. The molecular weight excluding hydrogens is 268 g/mol. The van der Waals surface area contributed by atoms with Gasteiger partial charge in [0.2, 0.25) is 5.91 Å². The average Bonchev–Trinajstić information content (AvgIpc) is 3.32. The molecule has 1 aromatic rings. The van der Waals surface area contributed by atoms with E-state index in [1.54, 1.807) is 29.4 Å². The van der Waals surface area contributed by atoms with Gasteiger partial charge in [-0.25, -0.2) is 4.79 Å². The molecule has 112 valence electrons. The summed E-state index contributed by atoms with van der Waals surface area (Å²) in [5.41, 5.74) is 0.673. The van der Waals surface area contributed by atoms with Crippen LogP contribution in [0.3, 0.4) is 0 Å². The second kappa shape index (κ2) is 6.11. The van der Waals surface area contributed by atoms with Gasteiger partial charge in [-0.3, -0.25) is 9.78 Å². The van der Waals surface area contributed by atoms with E-state index in [0.717, 1.165) is 25.7 Å². The number of rotatable bonds is 3. The molecular formula is C15H20N4O2. The van der Waals surface area contributed by atoms with Crippen LogP contribution < -0.4 is 10.6 Å². The Kier molecular flexibility index (Phi) is 4.03. The third-order valence-corrected chi connectivity index (χ3v) is 3.92. The monoisotopic (exact) mass is 288 g/mol. The maximum absolute atomic E-state index is 12.2. The van der Waals surface area contributed by atoms with Gasteiger partial charge in [-0.15, -0.1) is 0 Å². The summed E-state index contributed by atoms with van der Waals surface area (Å²) in [6, 6.07) is 3.79. The van der Waals surface area contributed by atoms with E-state index >= 15 is 0 Å². The Morgan fingerprint density at radius 2 is 2.14 bits per heavy atom. The van der Waals surface area contributed by atoms with Gasteiger partial charge in [-0.05, 0) is 37.8 Å². The highest BCUT2D eigenvalue weighted by Crippen LogP contribution is 2.22. The molecule has 6 heteroatoms. The number of hydrogen-bond acceptors (Lipinski definition) is 3. The molecule has 1 saturated carbocycles. The Labute approximate surface area is 123 Å². The van der Waals surface area contributed by atoms with Crippen LogP contribution in [0.15, 0.2) is 24.5 Å². The fourth-order valence-corrected chi connectivity index (χ4v) is 2.56. The molecule has 2 aliphatic rings. The van der Waals surface area contributed by atoms with E-state index in [1.807, 2.05) is 0 Å². The predicted molar refractivity (Wildman–Crippen MR) is 78.7 cm³/mol. The lowest BCUT2D eigenvalue weighted by Crippen LogP contribution is -2.47. The van der Waals surface area contributed by atoms with Gasteiger partial charge in [0, 0.05) is 25.3 Å². The number of hydrogen-bond donors (Lipinski definition) is 2. The largest absolute Gasteiger partial charge is 0.353 e. The molecule has 2 N–H and O–H groups in total. The summed E-state index contributed by atoms with van der Waals surface area (Å²) in [6.45, 7) is 1.18. The molecule has 0 radical (unpaired) electrons. The normalized spacial score (nSPS) is 21.7. The van der Waals surface area contributed by atoms with Crippen molar-refractivity contribution in [2.24, 2.45) is 5.92 Å². The summed E-state index contributed by atoms with van der Waals surface area (Å²) >= 11 is 0. The average molecular weight is 288 g/mol. The van der Waals surface area contributed by atoms with Crippen LogP contribution in [0.25, 0.3) is 0 Å². The molecule has 1 atom stereocenters. The number of pyridine rings is 1. The van der Waals surface area contributed by atoms with E-state index in [0.29, 0.717) is 24.8 Å². The summed E-state index contributed by atoms with van der Waals surface area (Å²) in [5, 5.41) is 5.84. The Balaban J connectivity index is 1.54. The van der Waals surface area contributed by atoms with Crippen LogP contribution in [0.2, 0.25) is 0 Å². The van der Waals surface area contributed by atoms with Crippen molar-refractivity contribution in [2.45, 2.75) is 31.7 Å². The van der Waals surface area contributed by atoms with Crippen LogP contribution in [0.4, 0.5) is 10.5 Å². The van der Waals surface area contributed by atoms with Crippen molar-refractivity contribution >= 4 is 17.6 Å². The number of piperidine rings is 1. The lowest BCUT2D eigenvalue weighted by molar-refractivity contribution is -0.126. The van der Waals surface area contributed by atoms with E-state index in [9.17, 15) is 9.59 Å². The second-order valence-electron chi connectivity index (χ2n) is 5.74. The molecule has 3 amide bonds. The minimum Gasteiger partial charge on any atom is -0.353 e. The number of likely N-dealkylation sites (tertiary alicyclic amines) is 1. The van der Waals surface area contributed by atoms with Gasteiger partial charge in [-0.2, -0.15) is 0 Å². The van der Waals surface area contributed by atoms with Gasteiger partial charge in [-0.1, -0.05) is 0 Å². The molecule has 1 aromatic heterocycles. The van der Waals surface area contributed by atoms with Gasteiger partial charge in [0.25, 0.3) is 0 Å². The number of carbonyl (C=O) groups is 2. The Bertz CT molecular complexity index is 516. The van der Waals surface area contributed by atoms with Crippen molar-refractivity contribution in [2.75, 3.05) is 18.4 Å². The van der Waals surface area contributed by atoms with Crippen molar-refractivity contribution in [1.29, 1.82) is 0 Å². The van der Waals surface area contributed by atoms with Crippen molar-refractivity contribution in [3.8, 4) is 0 Å². The minimum atomic E-state index is -0.160. The molecule has 0 aromatic carbocycles. The molecule has 1 aliphatic heterocycles. The number of aromatic nitrogens is 1. The van der Waals surface area contributed by atoms with Gasteiger partial charge in [0.05, 0.1) is 17.8 Å². The van der Waals surface area contributed by atoms with Crippen LogP contribution in [0.1, 0.15) is 25.7 Å². The molecule has 0 spiro atoms. The quantitative estimate of drug-likeness (QED) is 0.887. The first-order chi connectivity index (χ1) is 10.2. The summed E-state index contributed by atoms with van der Waals surface area (Å²) < 4.78 is 0. The minimum absolute atomic E-state index is 0.0843. The number of carbonyl (C=O) groups excluding carboxylic acids is 2. The number of anilines is 1. The van der Waals surface area contributed by atoms with Gasteiger partial charge in [0.1, 0.15) is 0 Å². The zero-order chi connectivity index (χ0) is 14.7. The highest BCUT2D eigenvalue weighted by atomic mass is 16.2. The molecule has 2 fully saturated rings. The first-order valence-corrected chi connectivity index (χ1v) is 7.49. The fraction of sp³-hybridized carbons (Fsp3) is 0.533. The number of amides is 3. The van der Waals surface area contributed by atoms with Crippen LogP contribution in [0, 0.1) is 5.92 Å². The molecule has 1 unspecified atom stereocenters. The molecule has 1 aliphatic carbocycles. The van der Waals surface area contributed by atoms with E-state index in [1.165, 1.54) is 0 Å². The third kappa shape index (κ3) is 3.71. The van der Waals surface area contributed by atoms with E-state index < -0.39 is 0 Å². The van der Waals surface area contributed by atoms with Crippen LogP contribution >= 0.6 is 0 Å². The van der Waals surface area contributed by atoms with Gasteiger partial charge >= 0.3 is 6.03 Å². The SMILES string of the molecule is O=C(NC1CC1)C1CCCN(C(=O)Nc2cccnc2)C1. The Morgan fingerprint density at radius 1 is 1.29 bits per heavy atom. The maximum Gasteiger partial charge on any atom is 0.321 e. The van der Waals surface area contributed by atoms with Crippen molar-refractivity contribution in [3.63, 3.8) is 0 Å². The van der Waals surface area contributed by atoms with Crippen molar-refractivity contribution in [3.05, 3.63) is 24.5 Å². The molecule has 21 heavy (non-hydrogen) atoms. The van der Waals surface area contributed by atoms with E-state index in [-0.39, 0.29) is 17.9 Å². The first-order valence-electron chi connectivity index (χ1n) is 7.49. The zero-order valence-corrected chi connectivity index (χ0v) is 11.9. The van der Waals surface area contributed by atoms with E-state index in [2.05, 4.69) is 15.6 Å². The number of nitrogens with one attached hydrogen (secondary N) is 2. The highest BCUT2D eigenvalue weighted by Gasteiger charge is 2.31. The smallest absolute Gasteiger partial charge is 0.321 e. The number of urea groups is 1. The molecule has 1 saturated heterocycles. The summed E-state index contributed by atoms with van der Waals surface area (Å²) in [5.74, 6) is 0.00961. The van der Waals surface area contributed by atoms with Crippen molar-refractivity contribution in [1.82, 2.24) is 15.2 Å². The molecule has 6 nitrogen and oxygen atoms in total. The van der Waals surface area contributed by atoms with Crippen molar-refractivity contribution < 1.29 is 9.59 Å². The molecule has 2 heterocycles.